The lowest BCUT2D eigenvalue weighted by atomic mass is 9.68. The van der Waals surface area contributed by atoms with Gasteiger partial charge in [-0.05, 0) is 99.6 Å². The molecule has 1 aliphatic carbocycles. The van der Waals surface area contributed by atoms with Crippen molar-refractivity contribution in [2.45, 2.75) is 5.41 Å². The van der Waals surface area contributed by atoms with Crippen molar-refractivity contribution < 1.29 is 4.42 Å². The van der Waals surface area contributed by atoms with Gasteiger partial charge in [-0.2, -0.15) is 0 Å². The van der Waals surface area contributed by atoms with Crippen LogP contribution in [0.25, 0.3) is 64.4 Å². The van der Waals surface area contributed by atoms with Crippen LogP contribution in [0, 0.1) is 0 Å². The third-order valence-corrected chi connectivity index (χ3v) is 13.3. The zero-order chi connectivity index (χ0) is 38.2. The van der Waals surface area contributed by atoms with E-state index < -0.39 is 5.41 Å². The lowest BCUT2D eigenvalue weighted by molar-refractivity contribution is 0.669. The van der Waals surface area contributed by atoms with Crippen LogP contribution in [-0.4, -0.2) is 0 Å². The number of thiophene rings is 1. The van der Waals surface area contributed by atoms with Crippen molar-refractivity contribution >= 4 is 70.5 Å². The van der Waals surface area contributed by atoms with E-state index in [4.69, 9.17) is 4.42 Å². The van der Waals surface area contributed by atoms with E-state index in [1.165, 1.54) is 64.7 Å². The summed E-state index contributed by atoms with van der Waals surface area (Å²) in [5.41, 5.74) is 14.5. The highest BCUT2D eigenvalue weighted by Gasteiger charge is 2.47. The van der Waals surface area contributed by atoms with Gasteiger partial charge in [-0.3, -0.25) is 0 Å². The Morgan fingerprint density at radius 2 is 1.03 bits per heavy atom. The van der Waals surface area contributed by atoms with Crippen LogP contribution in [0.4, 0.5) is 17.1 Å². The first-order valence-electron chi connectivity index (χ1n) is 19.8. The maximum absolute atomic E-state index is 6.36. The Kier molecular flexibility index (Phi) is 7.35. The Morgan fingerprint density at radius 3 is 1.88 bits per heavy atom. The summed E-state index contributed by atoms with van der Waals surface area (Å²) in [7, 11) is 0. The molecule has 0 fully saturated rings. The molecule has 1 aliphatic rings. The Hall–Kier alpha value is -7.20. The summed E-state index contributed by atoms with van der Waals surface area (Å²) in [5.74, 6) is 0. The predicted molar refractivity (Wildman–Crippen MR) is 244 cm³/mol. The van der Waals surface area contributed by atoms with Crippen molar-refractivity contribution in [2.75, 3.05) is 4.90 Å². The van der Waals surface area contributed by atoms with E-state index in [0.717, 1.165) is 39.0 Å². The Balaban J connectivity index is 1.13. The Labute approximate surface area is 340 Å². The first kappa shape index (κ1) is 33.0. The maximum atomic E-state index is 6.36. The minimum absolute atomic E-state index is 0.512. The molecule has 58 heavy (non-hydrogen) atoms. The zero-order valence-corrected chi connectivity index (χ0v) is 32.3. The highest BCUT2D eigenvalue weighted by molar-refractivity contribution is 7.25. The fourth-order valence-corrected chi connectivity index (χ4v) is 10.8. The number of para-hydroxylation sites is 1. The number of fused-ring (bicyclic) bond motifs is 9. The van der Waals surface area contributed by atoms with E-state index in [0.29, 0.717) is 0 Å². The molecule has 0 bridgehead atoms. The van der Waals surface area contributed by atoms with Crippen molar-refractivity contribution in [1.82, 2.24) is 0 Å². The SMILES string of the molecule is c1ccc(C2(c3ccccc3)c3ccccc3-c3c(N(c4cccc(-c5ccc6sc7ccccc7c6c5)c4)c4ccc5oc6ccccc6c5c4)cccc32)cc1. The number of hydrogen-bond donors (Lipinski definition) is 0. The van der Waals surface area contributed by atoms with Gasteiger partial charge >= 0.3 is 0 Å². The lowest BCUT2D eigenvalue weighted by Crippen LogP contribution is -2.28. The van der Waals surface area contributed by atoms with Crippen molar-refractivity contribution in [1.29, 1.82) is 0 Å². The van der Waals surface area contributed by atoms with Crippen molar-refractivity contribution in [3.8, 4) is 22.3 Å². The second-order valence-electron chi connectivity index (χ2n) is 15.2. The number of hydrogen-bond acceptors (Lipinski definition) is 3. The third-order valence-electron chi connectivity index (χ3n) is 12.1. The quantitative estimate of drug-likeness (QED) is 0.168. The molecule has 11 aromatic rings. The van der Waals surface area contributed by atoms with Crippen molar-refractivity contribution in [3.63, 3.8) is 0 Å². The molecule has 0 aliphatic heterocycles. The minimum atomic E-state index is -0.512. The molecule has 2 nitrogen and oxygen atoms in total. The summed E-state index contributed by atoms with van der Waals surface area (Å²) in [6.07, 6.45) is 0. The van der Waals surface area contributed by atoms with E-state index in [9.17, 15) is 0 Å². The molecule has 0 radical (unpaired) electrons. The third kappa shape index (κ3) is 4.84. The monoisotopic (exact) mass is 757 g/mol. The van der Waals surface area contributed by atoms with Gasteiger partial charge in [0, 0.05) is 47.9 Å². The fourth-order valence-electron chi connectivity index (χ4n) is 9.67. The summed E-state index contributed by atoms with van der Waals surface area (Å²) in [5, 5.41) is 4.81. The molecule has 0 saturated heterocycles. The molecule has 2 aromatic heterocycles. The van der Waals surface area contributed by atoms with Crippen LogP contribution in [0.5, 0.6) is 0 Å². The smallest absolute Gasteiger partial charge is 0.135 e. The minimum Gasteiger partial charge on any atom is -0.456 e. The second-order valence-corrected chi connectivity index (χ2v) is 16.3. The van der Waals surface area contributed by atoms with Gasteiger partial charge in [-0.1, -0.05) is 152 Å². The summed E-state index contributed by atoms with van der Waals surface area (Å²) >= 11 is 1.86. The van der Waals surface area contributed by atoms with Gasteiger partial charge in [0.25, 0.3) is 0 Å². The molecule has 0 atom stereocenters. The standard InChI is InChI=1S/C55H35NOS/c1-3-16-38(17-4-1)55(39-18-5-2-6-19-39)47-24-10-7-23-44(47)54-48(55)25-14-26-49(54)56(41-30-31-51-45(35-41)42-21-8-11-27-50(42)57-51)40-20-13-15-36(33-40)37-29-32-53-46(34-37)43-22-9-12-28-52(43)58-53/h1-35H. The van der Waals surface area contributed by atoms with E-state index in [1.54, 1.807) is 0 Å². The number of rotatable bonds is 6. The number of furan rings is 1. The van der Waals surface area contributed by atoms with Crippen LogP contribution in [-0.2, 0) is 5.41 Å². The van der Waals surface area contributed by atoms with Gasteiger partial charge in [0.1, 0.15) is 11.2 Å². The molecule has 9 aromatic carbocycles. The molecule has 0 amide bonds. The van der Waals surface area contributed by atoms with Gasteiger partial charge in [0.05, 0.1) is 11.1 Å². The van der Waals surface area contributed by atoms with Gasteiger partial charge in [0.2, 0.25) is 0 Å². The summed E-state index contributed by atoms with van der Waals surface area (Å²) < 4.78 is 8.99. The molecule has 272 valence electrons. The van der Waals surface area contributed by atoms with E-state index in [1.807, 2.05) is 17.4 Å². The summed E-state index contributed by atoms with van der Waals surface area (Å²) in [6.45, 7) is 0. The molecule has 0 spiro atoms. The van der Waals surface area contributed by atoms with Crippen LogP contribution in [0.15, 0.2) is 217 Å². The first-order chi connectivity index (χ1) is 28.8. The molecule has 0 saturated carbocycles. The van der Waals surface area contributed by atoms with Crippen LogP contribution < -0.4 is 4.90 Å². The van der Waals surface area contributed by atoms with Crippen LogP contribution >= 0.6 is 11.3 Å². The number of anilines is 3. The van der Waals surface area contributed by atoms with Crippen LogP contribution in [0.3, 0.4) is 0 Å². The number of nitrogens with zero attached hydrogens (tertiary/aromatic N) is 1. The van der Waals surface area contributed by atoms with Crippen LogP contribution in [0.1, 0.15) is 22.3 Å². The lowest BCUT2D eigenvalue weighted by Gasteiger charge is -2.34. The van der Waals surface area contributed by atoms with Gasteiger partial charge in [-0.15, -0.1) is 11.3 Å². The van der Waals surface area contributed by atoms with E-state index in [-0.39, 0.29) is 0 Å². The highest BCUT2D eigenvalue weighted by Crippen LogP contribution is 2.59. The maximum Gasteiger partial charge on any atom is 0.135 e. The van der Waals surface area contributed by atoms with Gasteiger partial charge in [0.15, 0.2) is 0 Å². The predicted octanol–water partition coefficient (Wildman–Crippen LogP) is 15.5. The van der Waals surface area contributed by atoms with E-state index in [2.05, 4.69) is 211 Å². The Bertz CT molecular complexity index is 3320. The van der Waals surface area contributed by atoms with Crippen molar-refractivity contribution in [3.05, 3.63) is 235 Å². The molecule has 0 N–H and O–H groups in total. The molecule has 3 heteroatoms. The van der Waals surface area contributed by atoms with Gasteiger partial charge < -0.3 is 9.32 Å². The summed E-state index contributed by atoms with van der Waals surface area (Å²) in [4.78, 5) is 2.46. The second kappa shape index (κ2) is 12.9. The molecular weight excluding hydrogens is 723 g/mol. The van der Waals surface area contributed by atoms with E-state index >= 15 is 0 Å². The topological polar surface area (TPSA) is 16.4 Å². The largest absolute Gasteiger partial charge is 0.456 e. The van der Waals surface area contributed by atoms with Gasteiger partial charge in [-0.25, -0.2) is 0 Å². The molecular formula is C55H35NOS. The zero-order valence-electron chi connectivity index (χ0n) is 31.5. The fraction of sp³-hybridized carbons (Fsp3) is 0.0182. The molecule has 12 rings (SSSR count). The average Bonchev–Trinajstić information content (AvgIpc) is 3.95. The normalized spacial score (nSPS) is 13.0. The summed E-state index contributed by atoms with van der Waals surface area (Å²) in [6, 6.07) is 77.7. The van der Waals surface area contributed by atoms with Crippen molar-refractivity contribution in [2.24, 2.45) is 0 Å². The average molecular weight is 758 g/mol. The number of benzene rings is 9. The molecule has 0 unspecified atom stereocenters. The molecule has 2 heterocycles. The van der Waals surface area contributed by atoms with Crippen LogP contribution in [0.2, 0.25) is 0 Å². The Morgan fingerprint density at radius 1 is 0.397 bits per heavy atom. The first-order valence-corrected chi connectivity index (χ1v) is 20.6. The highest BCUT2D eigenvalue weighted by atomic mass is 32.1.